The van der Waals surface area contributed by atoms with Gasteiger partial charge in [0, 0.05) is 19.2 Å². The van der Waals surface area contributed by atoms with Crippen LogP contribution in [0.2, 0.25) is 0 Å². The summed E-state index contributed by atoms with van der Waals surface area (Å²) in [5.74, 6) is 0.610. The van der Waals surface area contributed by atoms with E-state index in [0.717, 1.165) is 32.1 Å². The van der Waals surface area contributed by atoms with Crippen LogP contribution in [0.25, 0.3) is 0 Å². The summed E-state index contributed by atoms with van der Waals surface area (Å²) in [5, 5.41) is 0. The highest BCUT2D eigenvalue weighted by Gasteiger charge is 2.39. The third-order valence-corrected chi connectivity index (χ3v) is 7.03. The van der Waals surface area contributed by atoms with Crippen LogP contribution >= 0.6 is 0 Å². The van der Waals surface area contributed by atoms with E-state index >= 15 is 0 Å². The van der Waals surface area contributed by atoms with Gasteiger partial charge in [0.2, 0.25) is 15.9 Å². The minimum absolute atomic E-state index is 0.00925. The molecule has 0 radical (unpaired) electrons. The van der Waals surface area contributed by atoms with Crippen molar-refractivity contribution in [3.8, 4) is 0 Å². The molecule has 1 aliphatic carbocycles. The summed E-state index contributed by atoms with van der Waals surface area (Å²) >= 11 is 0. The Morgan fingerprint density at radius 2 is 2.11 bits per heavy atom. The second-order valence-electron chi connectivity index (χ2n) is 7.43. The first kappa shape index (κ1) is 20.4. The van der Waals surface area contributed by atoms with Gasteiger partial charge in [-0.15, -0.1) is 0 Å². The minimum atomic E-state index is -3.41. The summed E-state index contributed by atoms with van der Waals surface area (Å²) in [5.41, 5.74) is 0. The Morgan fingerprint density at radius 1 is 1.30 bits per heavy atom. The van der Waals surface area contributed by atoms with Gasteiger partial charge in [-0.05, 0) is 44.2 Å². The monoisotopic (exact) mass is 398 g/mol. The number of rotatable bonds is 11. The predicted octanol–water partition coefficient (Wildman–Crippen LogP) is 2.38. The SMILES string of the molecule is CCCCS(=O)(=O)N(CC(=O)N(Cc1ccco1)C[C@H]1CCCO1)C1CC1. The normalized spacial score (nSPS) is 20.3. The molecule has 1 amide bonds. The molecule has 1 saturated heterocycles. The first-order valence-corrected chi connectivity index (χ1v) is 11.5. The fraction of sp³-hybridized carbons (Fsp3) is 0.737. The molecular weight excluding hydrogens is 368 g/mol. The van der Waals surface area contributed by atoms with E-state index in [1.54, 1.807) is 17.2 Å². The van der Waals surface area contributed by atoms with Crippen molar-refractivity contribution in [1.29, 1.82) is 0 Å². The van der Waals surface area contributed by atoms with Crippen LogP contribution in [0.3, 0.4) is 0 Å². The van der Waals surface area contributed by atoms with E-state index in [0.29, 0.717) is 31.9 Å². The van der Waals surface area contributed by atoms with Crippen molar-refractivity contribution < 1.29 is 22.4 Å². The maximum absolute atomic E-state index is 13.0. The summed E-state index contributed by atoms with van der Waals surface area (Å²) in [6, 6.07) is 3.59. The maximum atomic E-state index is 13.0. The van der Waals surface area contributed by atoms with Gasteiger partial charge in [-0.3, -0.25) is 4.79 Å². The molecule has 1 aliphatic heterocycles. The summed E-state index contributed by atoms with van der Waals surface area (Å²) in [6.07, 6.45) is 6.60. The molecule has 7 nitrogen and oxygen atoms in total. The fourth-order valence-electron chi connectivity index (χ4n) is 3.37. The van der Waals surface area contributed by atoms with E-state index < -0.39 is 10.0 Å². The van der Waals surface area contributed by atoms with Crippen molar-refractivity contribution in [3.05, 3.63) is 24.2 Å². The van der Waals surface area contributed by atoms with Crippen LogP contribution in [0.1, 0.15) is 51.2 Å². The number of ether oxygens (including phenoxy) is 1. The molecule has 152 valence electrons. The molecule has 0 aromatic carbocycles. The molecule has 1 aromatic heterocycles. The van der Waals surface area contributed by atoms with Gasteiger partial charge in [-0.1, -0.05) is 13.3 Å². The Morgan fingerprint density at radius 3 is 2.70 bits per heavy atom. The highest BCUT2D eigenvalue weighted by Crippen LogP contribution is 2.30. The van der Waals surface area contributed by atoms with Gasteiger partial charge in [0.05, 0.1) is 31.2 Å². The standard InChI is InChI=1S/C19H30N2O5S/c1-2-3-12-27(23,24)21(16-8-9-16)15-19(22)20(13-17-6-4-10-25-17)14-18-7-5-11-26-18/h4,6,10,16,18H,2-3,5,7-9,11-15H2,1H3/t18-/m1/s1. The number of hydrogen-bond acceptors (Lipinski definition) is 5. The van der Waals surface area contributed by atoms with E-state index in [1.165, 1.54) is 4.31 Å². The van der Waals surface area contributed by atoms with Crippen LogP contribution in [-0.4, -0.2) is 61.1 Å². The minimum Gasteiger partial charge on any atom is -0.467 e. The molecule has 27 heavy (non-hydrogen) atoms. The number of carbonyl (C=O) groups excluding carboxylic acids is 1. The zero-order valence-electron chi connectivity index (χ0n) is 16.0. The lowest BCUT2D eigenvalue weighted by molar-refractivity contribution is -0.134. The first-order valence-electron chi connectivity index (χ1n) is 9.91. The van der Waals surface area contributed by atoms with Gasteiger partial charge < -0.3 is 14.1 Å². The van der Waals surface area contributed by atoms with Gasteiger partial charge in [0.25, 0.3) is 0 Å². The average molecular weight is 399 g/mol. The maximum Gasteiger partial charge on any atom is 0.238 e. The van der Waals surface area contributed by atoms with Crippen LogP contribution in [0, 0.1) is 0 Å². The molecule has 8 heteroatoms. The molecule has 2 aliphatic rings. The predicted molar refractivity (Wildman–Crippen MR) is 102 cm³/mol. The van der Waals surface area contributed by atoms with Gasteiger partial charge >= 0.3 is 0 Å². The van der Waals surface area contributed by atoms with E-state index in [4.69, 9.17) is 9.15 Å². The molecule has 1 saturated carbocycles. The second kappa shape index (κ2) is 9.21. The third-order valence-electron chi connectivity index (χ3n) is 5.09. The van der Waals surface area contributed by atoms with E-state index in [9.17, 15) is 13.2 Å². The Hall–Kier alpha value is -1.38. The lowest BCUT2D eigenvalue weighted by Gasteiger charge is -2.28. The van der Waals surface area contributed by atoms with Crippen molar-refractivity contribution in [2.45, 2.75) is 64.1 Å². The summed E-state index contributed by atoms with van der Waals surface area (Å²) in [7, 11) is -3.41. The highest BCUT2D eigenvalue weighted by atomic mass is 32.2. The lowest BCUT2D eigenvalue weighted by Crippen LogP contribution is -2.46. The average Bonchev–Trinajstić information content (AvgIpc) is 3.10. The number of carbonyl (C=O) groups is 1. The Labute approximate surface area is 161 Å². The van der Waals surface area contributed by atoms with Crippen LogP contribution in [0.15, 0.2) is 22.8 Å². The first-order chi connectivity index (χ1) is 13.0. The number of sulfonamides is 1. The van der Waals surface area contributed by atoms with Crippen molar-refractivity contribution in [2.75, 3.05) is 25.4 Å². The summed E-state index contributed by atoms with van der Waals surface area (Å²) in [4.78, 5) is 14.7. The second-order valence-corrected chi connectivity index (χ2v) is 9.48. The number of unbranched alkanes of at least 4 members (excludes halogenated alkanes) is 1. The molecule has 3 rings (SSSR count). The molecule has 0 bridgehead atoms. The van der Waals surface area contributed by atoms with Crippen LogP contribution < -0.4 is 0 Å². The lowest BCUT2D eigenvalue weighted by atomic mass is 10.2. The zero-order chi connectivity index (χ0) is 19.3. The Kier molecular flexibility index (Phi) is 6.94. The molecule has 1 aromatic rings. The molecule has 0 spiro atoms. The van der Waals surface area contributed by atoms with E-state index in [-0.39, 0.29) is 30.4 Å². The van der Waals surface area contributed by atoms with Gasteiger partial charge in [-0.25, -0.2) is 8.42 Å². The molecule has 2 heterocycles. The quantitative estimate of drug-likeness (QED) is 0.572. The highest BCUT2D eigenvalue weighted by molar-refractivity contribution is 7.89. The number of amides is 1. The summed E-state index contributed by atoms with van der Waals surface area (Å²) < 4.78 is 37.9. The number of furan rings is 1. The number of nitrogens with zero attached hydrogens (tertiary/aromatic N) is 2. The largest absolute Gasteiger partial charge is 0.467 e. The molecule has 0 unspecified atom stereocenters. The third kappa shape index (κ3) is 5.80. The molecule has 2 fully saturated rings. The van der Waals surface area contributed by atoms with Crippen molar-refractivity contribution >= 4 is 15.9 Å². The topological polar surface area (TPSA) is 80.1 Å². The Balaban J connectivity index is 1.69. The van der Waals surface area contributed by atoms with Crippen LogP contribution in [0.4, 0.5) is 0 Å². The van der Waals surface area contributed by atoms with E-state index in [1.807, 2.05) is 13.0 Å². The van der Waals surface area contributed by atoms with Crippen LogP contribution in [-0.2, 0) is 26.1 Å². The van der Waals surface area contributed by atoms with Crippen molar-refractivity contribution in [3.63, 3.8) is 0 Å². The number of hydrogen-bond donors (Lipinski definition) is 0. The van der Waals surface area contributed by atoms with Gasteiger partial charge in [0.1, 0.15) is 5.76 Å². The molecular formula is C19H30N2O5S. The van der Waals surface area contributed by atoms with Gasteiger partial charge in [-0.2, -0.15) is 4.31 Å². The molecule has 1 atom stereocenters. The summed E-state index contributed by atoms with van der Waals surface area (Å²) in [6.45, 7) is 3.39. The Bertz CT molecular complexity index is 694. The van der Waals surface area contributed by atoms with E-state index in [2.05, 4.69) is 0 Å². The van der Waals surface area contributed by atoms with Crippen molar-refractivity contribution in [2.24, 2.45) is 0 Å². The smallest absolute Gasteiger partial charge is 0.238 e. The fourth-order valence-corrected chi connectivity index (χ4v) is 5.23. The van der Waals surface area contributed by atoms with Crippen LogP contribution in [0.5, 0.6) is 0 Å². The zero-order valence-corrected chi connectivity index (χ0v) is 16.8. The van der Waals surface area contributed by atoms with Gasteiger partial charge in [0.15, 0.2) is 0 Å². The molecule has 0 N–H and O–H groups in total. The van der Waals surface area contributed by atoms with Crippen molar-refractivity contribution in [1.82, 2.24) is 9.21 Å².